The van der Waals surface area contributed by atoms with Gasteiger partial charge in [-0.2, -0.15) is 5.10 Å². The smallest absolute Gasteiger partial charge is 0.243 e. The highest BCUT2D eigenvalue weighted by Gasteiger charge is 2.39. The molecule has 3 atom stereocenters. The van der Waals surface area contributed by atoms with Crippen LogP contribution in [0.1, 0.15) is 63.9 Å². The average Bonchev–Trinajstić information content (AvgIpc) is 3.23. The minimum absolute atomic E-state index is 0.0372. The predicted molar refractivity (Wildman–Crippen MR) is 110 cm³/mol. The molecule has 3 unspecified atom stereocenters. The van der Waals surface area contributed by atoms with E-state index in [4.69, 9.17) is 0 Å². The van der Waals surface area contributed by atoms with E-state index >= 15 is 0 Å². The van der Waals surface area contributed by atoms with Crippen LogP contribution < -0.4 is 0 Å². The summed E-state index contributed by atoms with van der Waals surface area (Å²) in [5.74, 6) is 1.48. The van der Waals surface area contributed by atoms with Crippen molar-refractivity contribution in [2.45, 2.75) is 64.3 Å². The molecule has 2 fully saturated rings. The third-order valence-corrected chi connectivity index (χ3v) is 6.81. The topological polar surface area (TPSA) is 53.0 Å². The van der Waals surface area contributed by atoms with Crippen molar-refractivity contribution >= 4 is 17.5 Å². The molecule has 0 radical (unpaired) electrons. The van der Waals surface area contributed by atoms with Crippen LogP contribution in [0.5, 0.6) is 0 Å². The van der Waals surface area contributed by atoms with Gasteiger partial charge in [0.25, 0.3) is 0 Å². The van der Waals surface area contributed by atoms with E-state index in [-0.39, 0.29) is 18.2 Å². The quantitative estimate of drug-likeness (QED) is 0.796. The first-order chi connectivity index (χ1) is 13.6. The number of hydrazone groups is 1. The molecule has 5 heteroatoms. The molecule has 1 aromatic carbocycles. The van der Waals surface area contributed by atoms with E-state index < -0.39 is 0 Å². The SMILES string of the molecule is CC1CCN(C(=O)CCC(=O)N2CCC(c3ccccc3)=N2)C2CCCCC12. The summed E-state index contributed by atoms with van der Waals surface area (Å²) in [5.41, 5.74) is 2.02. The van der Waals surface area contributed by atoms with Gasteiger partial charge < -0.3 is 4.90 Å². The molecule has 0 spiro atoms. The van der Waals surface area contributed by atoms with Gasteiger partial charge in [0, 0.05) is 31.8 Å². The molecule has 1 aliphatic carbocycles. The van der Waals surface area contributed by atoms with Crippen LogP contribution in [0.3, 0.4) is 0 Å². The summed E-state index contributed by atoms with van der Waals surface area (Å²) < 4.78 is 0. The van der Waals surface area contributed by atoms with Crippen molar-refractivity contribution in [3.05, 3.63) is 35.9 Å². The molecule has 1 saturated carbocycles. The van der Waals surface area contributed by atoms with Crippen molar-refractivity contribution in [1.82, 2.24) is 9.91 Å². The molecule has 2 heterocycles. The third-order valence-electron chi connectivity index (χ3n) is 6.81. The molecule has 2 aliphatic heterocycles. The third kappa shape index (κ3) is 3.98. The minimum Gasteiger partial charge on any atom is -0.339 e. The summed E-state index contributed by atoms with van der Waals surface area (Å²) >= 11 is 0. The molecule has 0 N–H and O–H groups in total. The van der Waals surface area contributed by atoms with Gasteiger partial charge in [-0.25, -0.2) is 5.01 Å². The molecule has 1 saturated heterocycles. The highest BCUT2D eigenvalue weighted by atomic mass is 16.2. The van der Waals surface area contributed by atoms with Crippen molar-refractivity contribution in [2.75, 3.05) is 13.1 Å². The molecule has 1 aromatic rings. The van der Waals surface area contributed by atoms with Crippen LogP contribution >= 0.6 is 0 Å². The maximum absolute atomic E-state index is 12.9. The molecule has 4 rings (SSSR count). The first-order valence-corrected chi connectivity index (χ1v) is 10.9. The molecule has 0 aromatic heterocycles. The van der Waals surface area contributed by atoms with Crippen LogP contribution in [-0.2, 0) is 9.59 Å². The Morgan fingerprint density at radius 3 is 2.57 bits per heavy atom. The highest BCUT2D eigenvalue weighted by molar-refractivity contribution is 6.02. The zero-order chi connectivity index (χ0) is 19.5. The molecule has 0 bridgehead atoms. The van der Waals surface area contributed by atoms with Crippen LogP contribution in [-0.4, -0.2) is 46.6 Å². The summed E-state index contributed by atoms with van der Waals surface area (Å²) in [6, 6.07) is 10.4. The first-order valence-electron chi connectivity index (χ1n) is 10.9. The summed E-state index contributed by atoms with van der Waals surface area (Å²) in [4.78, 5) is 27.6. The van der Waals surface area contributed by atoms with E-state index in [1.54, 1.807) is 5.01 Å². The van der Waals surface area contributed by atoms with Crippen LogP contribution in [0, 0.1) is 11.8 Å². The van der Waals surface area contributed by atoms with Crippen LogP contribution in [0.15, 0.2) is 35.4 Å². The van der Waals surface area contributed by atoms with Gasteiger partial charge in [-0.05, 0) is 36.7 Å². The van der Waals surface area contributed by atoms with Crippen LogP contribution in [0.2, 0.25) is 0 Å². The second-order valence-corrected chi connectivity index (χ2v) is 8.55. The summed E-state index contributed by atoms with van der Waals surface area (Å²) in [5, 5.41) is 6.05. The van der Waals surface area contributed by atoms with E-state index in [1.807, 2.05) is 30.3 Å². The number of amides is 2. The largest absolute Gasteiger partial charge is 0.339 e. The zero-order valence-electron chi connectivity index (χ0n) is 16.8. The lowest BCUT2D eigenvalue weighted by Crippen LogP contribution is -2.52. The lowest BCUT2D eigenvalue weighted by Gasteiger charge is -2.47. The maximum atomic E-state index is 12.9. The zero-order valence-corrected chi connectivity index (χ0v) is 16.8. The summed E-state index contributed by atoms with van der Waals surface area (Å²) in [6.07, 6.45) is 7.33. The molecular weight excluding hydrogens is 350 g/mol. The lowest BCUT2D eigenvalue weighted by molar-refractivity contribution is -0.142. The van der Waals surface area contributed by atoms with E-state index in [0.29, 0.717) is 30.8 Å². The fraction of sp³-hybridized carbons (Fsp3) is 0.609. The van der Waals surface area contributed by atoms with Gasteiger partial charge >= 0.3 is 0 Å². The second-order valence-electron chi connectivity index (χ2n) is 8.55. The standard InChI is InChI=1S/C23H31N3O2/c1-17-13-15-25(21-10-6-5-9-19(17)21)22(27)11-12-23(28)26-16-14-20(24-26)18-7-3-2-4-8-18/h2-4,7-8,17,19,21H,5-6,9-16H2,1H3. The number of carbonyl (C=O) groups excluding carboxylic acids is 2. The van der Waals surface area contributed by atoms with Crippen LogP contribution in [0.25, 0.3) is 0 Å². The number of hydrogen-bond acceptors (Lipinski definition) is 3. The van der Waals surface area contributed by atoms with Crippen molar-refractivity contribution in [3.63, 3.8) is 0 Å². The van der Waals surface area contributed by atoms with Gasteiger partial charge in [0.2, 0.25) is 11.8 Å². The normalized spacial score (nSPS) is 27.3. The molecular formula is C23H31N3O2. The number of fused-ring (bicyclic) bond motifs is 1. The summed E-state index contributed by atoms with van der Waals surface area (Å²) in [6.45, 7) is 3.81. The minimum atomic E-state index is -0.0372. The number of likely N-dealkylation sites (tertiary alicyclic amines) is 1. The molecule has 150 valence electrons. The highest BCUT2D eigenvalue weighted by Crippen LogP contribution is 2.39. The average molecular weight is 382 g/mol. The van der Waals surface area contributed by atoms with E-state index in [1.165, 1.54) is 19.3 Å². The number of nitrogens with zero attached hydrogens (tertiary/aromatic N) is 3. The fourth-order valence-corrected chi connectivity index (χ4v) is 5.18. The van der Waals surface area contributed by atoms with Crippen molar-refractivity contribution in [1.29, 1.82) is 0 Å². The Labute approximate surface area is 167 Å². The van der Waals surface area contributed by atoms with Crippen molar-refractivity contribution in [3.8, 4) is 0 Å². The summed E-state index contributed by atoms with van der Waals surface area (Å²) in [7, 11) is 0. The molecule has 5 nitrogen and oxygen atoms in total. The maximum Gasteiger partial charge on any atom is 0.243 e. The number of rotatable bonds is 4. The van der Waals surface area contributed by atoms with Gasteiger partial charge in [0.05, 0.1) is 12.3 Å². The number of carbonyl (C=O) groups is 2. The Hall–Kier alpha value is -2.17. The Morgan fingerprint density at radius 1 is 1.00 bits per heavy atom. The molecule has 3 aliphatic rings. The van der Waals surface area contributed by atoms with E-state index in [9.17, 15) is 9.59 Å². The number of hydrogen-bond donors (Lipinski definition) is 0. The van der Waals surface area contributed by atoms with Gasteiger partial charge in [0.1, 0.15) is 0 Å². The first kappa shape index (κ1) is 19.2. The number of benzene rings is 1. The number of piperidine rings is 1. The van der Waals surface area contributed by atoms with E-state index in [2.05, 4.69) is 16.9 Å². The van der Waals surface area contributed by atoms with Gasteiger partial charge in [-0.15, -0.1) is 0 Å². The van der Waals surface area contributed by atoms with Gasteiger partial charge in [0.15, 0.2) is 0 Å². The Morgan fingerprint density at radius 2 is 1.75 bits per heavy atom. The Kier molecular flexibility index (Phi) is 5.79. The Bertz CT molecular complexity index is 745. The second kappa shape index (κ2) is 8.46. The molecule has 2 amide bonds. The Balaban J connectivity index is 1.32. The monoisotopic (exact) mass is 381 g/mol. The van der Waals surface area contributed by atoms with Crippen molar-refractivity contribution < 1.29 is 9.59 Å². The van der Waals surface area contributed by atoms with Crippen molar-refractivity contribution in [2.24, 2.45) is 16.9 Å². The van der Waals surface area contributed by atoms with Gasteiger partial charge in [-0.3, -0.25) is 9.59 Å². The van der Waals surface area contributed by atoms with Gasteiger partial charge in [-0.1, -0.05) is 50.1 Å². The lowest BCUT2D eigenvalue weighted by atomic mass is 9.72. The predicted octanol–water partition coefficient (Wildman–Crippen LogP) is 3.83. The molecule has 28 heavy (non-hydrogen) atoms. The van der Waals surface area contributed by atoms with Crippen LogP contribution in [0.4, 0.5) is 0 Å². The van der Waals surface area contributed by atoms with E-state index in [0.717, 1.165) is 37.1 Å². The fourth-order valence-electron chi connectivity index (χ4n) is 5.18.